The number of rotatable bonds is 3. The van der Waals surface area contributed by atoms with Crippen molar-refractivity contribution < 1.29 is 9.72 Å². The van der Waals surface area contributed by atoms with Crippen LogP contribution in [-0.4, -0.2) is 28.0 Å². The Kier molecular flexibility index (Phi) is 5.10. The molecule has 0 radical (unpaired) electrons. The van der Waals surface area contributed by atoms with Crippen molar-refractivity contribution in [1.29, 1.82) is 0 Å². The molecule has 2 heterocycles. The van der Waals surface area contributed by atoms with Crippen LogP contribution in [0.1, 0.15) is 20.6 Å². The summed E-state index contributed by atoms with van der Waals surface area (Å²) in [6.45, 7) is 0.629. The second kappa shape index (κ2) is 6.92. The van der Waals surface area contributed by atoms with Gasteiger partial charge in [-0.25, -0.2) is 0 Å². The summed E-state index contributed by atoms with van der Waals surface area (Å²) in [4.78, 5) is 25.7. The SMILES string of the molecule is O=C(c1cc(Br)c(Br)s1)N1CCSC1c1cccc([N+](=O)[O-])c1. The number of nitro benzene ring substituents is 1. The number of amides is 1. The summed E-state index contributed by atoms with van der Waals surface area (Å²) >= 11 is 9.79. The summed E-state index contributed by atoms with van der Waals surface area (Å²) in [5.74, 6) is 0.759. The summed E-state index contributed by atoms with van der Waals surface area (Å²) in [7, 11) is 0. The minimum Gasteiger partial charge on any atom is -0.321 e. The molecule has 1 aromatic carbocycles. The fourth-order valence-corrected chi connectivity index (χ4v) is 5.58. The number of nitrogens with zero attached hydrogens (tertiary/aromatic N) is 2. The lowest BCUT2D eigenvalue weighted by atomic mass is 10.2. The van der Waals surface area contributed by atoms with E-state index in [1.165, 1.54) is 17.4 Å². The number of hydrogen-bond acceptors (Lipinski definition) is 5. The molecule has 0 saturated carbocycles. The van der Waals surface area contributed by atoms with Gasteiger partial charge in [-0.15, -0.1) is 23.1 Å². The highest BCUT2D eigenvalue weighted by molar-refractivity contribution is 9.13. The molecule has 1 amide bonds. The largest absolute Gasteiger partial charge is 0.321 e. The number of carbonyl (C=O) groups is 1. The quantitative estimate of drug-likeness (QED) is 0.457. The Balaban J connectivity index is 1.89. The molecule has 3 rings (SSSR count). The second-order valence-electron chi connectivity index (χ2n) is 4.81. The van der Waals surface area contributed by atoms with Crippen molar-refractivity contribution in [2.45, 2.75) is 5.37 Å². The van der Waals surface area contributed by atoms with Crippen molar-refractivity contribution in [2.75, 3.05) is 12.3 Å². The molecule has 0 spiro atoms. The minimum atomic E-state index is -0.414. The number of halogens is 2. The van der Waals surface area contributed by atoms with Crippen molar-refractivity contribution in [1.82, 2.24) is 4.90 Å². The standard InChI is InChI=1S/C14H10Br2N2O3S2/c15-10-7-11(23-12(10)16)13(19)17-4-5-22-14(17)8-2-1-3-9(6-8)18(20)21/h1-3,6-7,14H,4-5H2. The molecule has 5 nitrogen and oxygen atoms in total. The van der Waals surface area contributed by atoms with Crippen molar-refractivity contribution >= 4 is 66.6 Å². The number of hydrogen-bond donors (Lipinski definition) is 0. The molecular formula is C14H10Br2N2O3S2. The van der Waals surface area contributed by atoms with E-state index in [9.17, 15) is 14.9 Å². The van der Waals surface area contributed by atoms with E-state index in [1.54, 1.807) is 34.9 Å². The number of thioether (sulfide) groups is 1. The van der Waals surface area contributed by atoms with E-state index in [-0.39, 0.29) is 17.0 Å². The smallest absolute Gasteiger partial charge is 0.269 e. The van der Waals surface area contributed by atoms with E-state index in [2.05, 4.69) is 31.9 Å². The molecule has 1 saturated heterocycles. The highest BCUT2D eigenvalue weighted by Gasteiger charge is 2.33. The van der Waals surface area contributed by atoms with Crippen LogP contribution in [0.5, 0.6) is 0 Å². The zero-order valence-electron chi connectivity index (χ0n) is 11.6. The summed E-state index contributed by atoms with van der Waals surface area (Å²) in [6, 6.07) is 8.29. The van der Waals surface area contributed by atoms with Gasteiger partial charge in [-0.1, -0.05) is 12.1 Å². The summed E-state index contributed by atoms with van der Waals surface area (Å²) < 4.78 is 1.73. The van der Waals surface area contributed by atoms with Crippen molar-refractivity contribution in [2.24, 2.45) is 0 Å². The van der Waals surface area contributed by atoms with E-state index >= 15 is 0 Å². The number of non-ortho nitro benzene ring substituents is 1. The number of carbonyl (C=O) groups excluding carboxylic acids is 1. The third-order valence-electron chi connectivity index (χ3n) is 3.37. The van der Waals surface area contributed by atoms with E-state index < -0.39 is 4.92 Å². The average molecular weight is 478 g/mol. The first-order chi connectivity index (χ1) is 11.0. The van der Waals surface area contributed by atoms with Crippen molar-refractivity contribution in [3.63, 3.8) is 0 Å². The van der Waals surface area contributed by atoms with Gasteiger partial charge < -0.3 is 4.90 Å². The fraction of sp³-hybridized carbons (Fsp3) is 0.214. The maximum atomic E-state index is 12.8. The maximum absolute atomic E-state index is 12.8. The van der Waals surface area contributed by atoms with E-state index in [4.69, 9.17) is 0 Å². The van der Waals surface area contributed by atoms with Crippen LogP contribution in [0.4, 0.5) is 5.69 Å². The molecule has 2 aromatic rings. The van der Waals surface area contributed by atoms with Crippen LogP contribution >= 0.6 is 55.0 Å². The monoisotopic (exact) mass is 476 g/mol. The Morgan fingerprint density at radius 2 is 2.13 bits per heavy atom. The first kappa shape index (κ1) is 16.9. The Morgan fingerprint density at radius 3 is 2.78 bits per heavy atom. The van der Waals surface area contributed by atoms with Crippen LogP contribution in [0.3, 0.4) is 0 Å². The lowest BCUT2D eigenvalue weighted by Crippen LogP contribution is -2.29. The molecule has 0 bridgehead atoms. The highest BCUT2D eigenvalue weighted by atomic mass is 79.9. The van der Waals surface area contributed by atoms with Crippen molar-refractivity contribution in [3.8, 4) is 0 Å². The summed E-state index contributed by atoms with van der Waals surface area (Å²) in [5, 5.41) is 10.8. The van der Waals surface area contributed by atoms with Gasteiger partial charge in [-0.3, -0.25) is 14.9 Å². The van der Waals surface area contributed by atoms with E-state index in [1.807, 2.05) is 6.07 Å². The molecule has 1 aromatic heterocycles. The van der Waals surface area contributed by atoms with Gasteiger partial charge in [0.15, 0.2) is 0 Å². The molecule has 1 aliphatic rings. The Hall–Kier alpha value is -0.900. The lowest BCUT2D eigenvalue weighted by molar-refractivity contribution is -0.384. The van der Waals surface area contributed by atoms with Crippen LogP contribution in [0.25, 0.3) is 0 Å². The third kappa shape index (κ3) is 3.47. The van der Waals surface area contributed by atoms with Crippen LogP contribution < -0.4 is 0 Å². The number of benzene rings is 1. The van der Waals surface area contributed by atoms with Crippen LogP contribution in [0.15, 0.2) is 38.6 Å². The van der Waals surface area contributed by atoms with Crippen LogP contribution in [0.2, 0.25) is 0 Å². The van der Waals surface area contributed by atoms with Gasteiger partial charge in [0, 0.05) is 28.9 Å². The van der Waals surface area contributed by atoms with Crippen LogP contribution in [0, 0.1) is 10.1 Å². The molecule has 1 aliphatic heterocycles. The molecule has 0 N–H and O–H groups in total. The molecule has 1 fully saturated rings. The Bertz CT molecular complexity index is 762. The van der Waals surface area contributed by atoms with E-state index in [0.717, 1.165) is 19.6 Å². The van der Waals surface area contributed by atoms with Gasteiger partial charge in [0.1, 0.15) is 5.37 Å². The van der Waals surface area contributed by atoms with Gasteiger partial charge >= 0.3 is 0 Å². The molecule has 1 atom stereocenters. The van der Waals surface area contributed by atoms with Gasteiger partial charge in [-0.05, 0) is 43.5 Å². The second-order valence-corrected chi connectivity index (χ2v) is 9.22. The predicted octanol–water partition coefficient (Wildman–Crippen LogP) is 5.07. The molecule has 23 heavy (non-hydrogen) atoms. The van der Waals surface area contributed by atoms with Gasteiger partial charge in [0.25, 0.3) is 11.6 Å². The normalized spacial score (nSPS) is 17.5. The lowest BCUT2D eigenvalue weighted by Gasteiger charge is -2.23. The molecule has 1 unspecified atom stereocenters. The molecule has 0 aliphatic carbocycles. The fourth-order valence-electron chi connectivity index (χ4n) is 2.34. The zero-order chi connectivity index (χ0) is 16.6. The van der Waals surface area contributed by atoms with Gasteiger partial charge in [0.05, 0.1) is 13.6 Å². The van der Waals surface area contributed by atoms with Gasteiger partial charge in [-0.2, -0.15) is 0 Å². The summed E-state index contributed by atoms with van der Waals surface area (Å²) in [5.41, 5.74) is 0.828. The highest BCUT2D eigenvalue weighted by Crippen LogP contribution is 2.41. The average Bonchev–Trinajstić information content (AvgIpc) is 3.14. The Morgan fingerprint density at radius 1 is 1.35 bits per heavy atom. The minimum absolute atomic E-state index is 0.0454. The topological polar surface area (TPSA) is 63.5 Å². The first-order valence-corrected chi connectivity index (χ1v) is 10.0. The zero-order valence-corrected chi connectivity index (χ0v) is 16.4. The van der Waals surface area contributed by atoms with Crippen LogP contribution in [-0.2, 0) is 0 Å². The molecule has 9 heteroatoms. The van der Waals surface area contributed by atoms with E-state index in [0.29, 0.717) is 11.4 Å². The maximum Gasteiger partial charge on any atom is 0.269 e. The number of nitro groups is 1. The molecule has 120 valence electrons. The first-order valence-electron chi connectivity index (χ1n) is 6.59. The third-order valence-corrected chi connectivity index (χ3v) is 7.88. The number of thiophene rings is 1. The molecular weight excluding hydrogens is 468 g/mol. The van der Waals surface area contributed by atoms with Crippen molar-refractivity contribution in [3.05, 3.63) is 59.1 Å². The summed E-state index contributed by atoms with van der Waals surface area (Å²) in [6.07, 6.45) is 0. The van der Waals surface area contributed by atoms with Gasteiger partial charge in [0.2, 0.25) is 0 Å². The predicted molar refractivity (Wildman–Crippen MR) is 99.1 cm³/mol. The Labute approximate surface area is 157 Å².